The zero-order valence-electron chi connectivity index (χ0n) is 10.7. The number of nitriles is 1. The quantitative estimate of drug-likeness (QED) is 0.401. The van der Waals surface area contributed by atoms with E-state index in [1.54, 1.807) is 6.19 Å². The summed E-state index contributed by atoms with van der Waals surface area (Å²) in [5.41, 5.74) is 0.0169. The van der Waals surface area contributed by atoms with Gasteiger partial charge in [0.1, 0.15) is 5.84 Å². The van der Waals surface area contributed by atoms with Crippen LogP contribution >= 0.6 is 0 Å². The van der Waals surface area contributed by atoms with E-state index in [1.165, 1.54) is 0 Å². The van der Waals surface area contributed by atoms with E-state index in [0.717, 1.165) is 0 Å². The summed E-state index contributed by atoms with van der Waals surface area (Å²) < 4.78 is 0. The standard InChI is InChI=1S/C12H21N3O2/c1-12(2,3)5-11(14-8-13)15-6-9(16)4-10(17)7-15/h9-10,16-17H,4-7H2,1-3H3/t9-,10+. The van der Waals surface area contributed by atoms with E-state index in [-0.39, 0.29) is 5.41 Å². The van der Waals surface area contributed by atoms with Crippen molar-refractivity contribution in [3.63, 3.8) is 0 Å². The van der Waals surface area contributed by atoms with Gasteiger partial charge in [-0.1, -0.05) is 20.8 Å². The molecule has 1 fully saturated rings. The highest BCUT2D eigenvalue weighted by atomic mass is 16.3. The van der Waals surface area contributed by atoms with Crippen molar-refractivity contribution in [3.8, 4) is 6.19 Å². The van der Waals surface area contributed by atoms with Gasteiger partial charge in [0.2, 0.25) is 6.19 Å². The molecule has 0 spiro atoms. The second kappa shape index (κ2) is 5.48. The average molecular weight is 239 g/mol. The molecule has 0 bridgehead atoms. The van der Waals surface area contributed by atoms with Crippen molar-refractivity contribution >= 4 is 5.84 Å². The van der Waals surface area contributed by atoms with Gasteiger partial charge in [-0.05, 0) is 5.41 Å². The third-order valence-corrected chi connectivity index (χ3v) is 2.64. The molecule has 0 amide bonds. The predicted molar refractivity (Wildman–Crippen MR) is 65.3 cm³/mol. The molecule has 1 aliphatic heterocycles. The van der Waals surface area contributed by atoms with Crippen molar-refractivity contribution in [1.29, 1.82) is 5.26 Å². The molecule has 1 aliphatic rings. The highest BCUT2D eigenvalue weighted by Gasteiger charge is 2.28. The number of aliphatic hydroxyl groups is 2. The molecule has 0 aromatic carbocycles. The van der Waals surface area contributed by atoms with Crippen LogP contribution in [0, 0.1) is 16.9 Å². The zero-order chi connectivity index (χ0) is 13.1. The van der Waals surface area contributed by atoms with Gasteiger partial charge in [-0.2, -0.15) is 10.3 Å². The number of aliphatic imine (C=N–C) groups is 1. The van der Waals surface area contributed by atoms with Gasteiger partial charge in [-0.25, -0.2) is 0 Å². The lowest BCUT2D eigenvalue weighted by atomic mass is 9.90. The topological polar surface area (TPSA) is 79.9 Å². The summed E-state index contributed by atoms with van der Waals surface area (Å²) in [6.45, 7) is 7.07. The molecule has 2 N–H and O–H groups in total. The maximum absolute atomic E-state index is 9.63. The molecule has 0 unspecified atom stereocenters. The van der Waals surface area contributed by atoms with Crippen LogP contribution in [0.1, 0.15) is 33.6 Å². The maximum atomic E-state index is 9.63. The maximum Gasteiger partial charge on any atom is 0.207 e. The molecule has 1 heterocycles. The number of nitrogens with zero attached hydrogens (tertiary/aromatic N) is 3. The van der Waals surface area contributed by atoms with Crippen LogP contribution in [0.2, 0.25) is 0 Å². The van der Waals surface area contributed by atoms with Crippen LogP contribution in [-0.4, -0.2) is 46.2 Å². The number of amidine groups is 1. The van der Waals surface area contributed by atoms with Gasteiger partial charge in [-0.3, -0.25) is 0 Å². The first-order chi connectivity index (χ1) is 7.81. The third kappa shape index (κ3) is 4.72. The van der Waals surface area contributed by atoms with Gasteiger partial charge in [0, 0.05) is 25.9 Å². The molecular formula is C12H21N3O2. The summed E-state index contributed by atoms with van der Waals surface area (Å²) in [6.07, 6.45) is 1.74. The number of hydrogen-bond acceptors (Lipinski definition) is 4. The Hall–Kier alpha value is -1.12. The molecule has 1 rings (SSSR count). The van der Waals surface area contributed by atoms with Crippen molar-refractivity contribution in [2.75, 3.05) is 13.1 Å². The normalized spacial score (nSPS) is 26.8. The average Bonchev–Trinajstić information content (AvgIpc) is 2.13. The van der Waals surface area contributed by atoms with Crippen molar-refractivity contribution < 1.29 is 10.2 Å². The molecule has 0 aromatic rings. The van der Waals surface area contributed by atoms with Crippen LogP contribution in [0.3, 0.4) is 0 Å². The van der Waals surface area contributed by atoms with E-state index in [4.69, 9.17) is 5.26 Å². The van der Waals surface area contributed by atoms with Crippen LogP contribution in [0.4, 0.5) is 0 Å². The first-order valence-corrected chi connectivity index (χ1v) is 5.88. The molecule has 0 aliphatic carbocycles. The van der Waals surface area contributed by atoms with Gasteiger partial charge >= 0.3 is 0 Å². The van der Waals surface area contributed by atoms with Gasteiger partial charge in [0.05, 0.1) is 12.2 Å². The Morgan fingerprint density at radius 2 is 1.88 bits per heavy atom. The SMILES string of the molecule is CC(C)(C)CC(=NC#N)N1C[C@H](O)C[C@H](O)C1. The molecule has 0 saturated carbocycles. The van der Waals surface area contributed by atoms with Crippen LogP contribution in [0.25, 0.3) is 0 Å². The molecular weight excluding hydrogens is 218 g/mol. The lowest BCUT2D eigenvalue weighted by molar-refractivity contribution is 0.0157. The molecule has 0 aromatic heterocycles. The zero-order valence-corrected chi connectivity index (χ0v) is 10.7. The van der Waals surface area contributed by atoms with Crippen LogP contribution in [0.15, 0.2) is 4.99 Å². The highest BCUT2D eigenvalue weighted by molar-refractivity contribution is 5.83. The number of aliphatic hydroxyl groups excluding tert-OH is 2. The largest absolute Gasteiger partial charge is 0.391 e. The highest BCUT2D eigenvalue weighted by Crippen LogP contribution is 2.22. The molecule has 96 valence electrons. The predicted octanol–water partition coefficient (Wildman–Crippen LogP) is 0.730. The number of hydrogen-bond donors (Lipinski definition) is 2. The Morgan fingerprint density at radius 1 is 1.35 bits per heavy atom. The van der Waals surface area contributed by atoms with Crippen molar-refractivity contribution in [3.05, 3.63) is 0 Å². The minimum atomic E-state index is -0.553. The van der Waals surface area contributed by atoms with Crippen molar-refractivity contribution in [2.24, 2.45) is 10.4 Å². The Labute approximate surface area is 102 Å². The molecule has 1 saturated heterocycles. The molecule has 5 heteroatoms. The minimum absolute atomic E-state index is 0.0169. The van der Waals surface area contributed by atoms with Crippen molar-refractivity contribution in [1.82, 2.24) is 4.90 Å². The van der Waals surface area contributed by atoms with E-state index in [0.29, 0.717) is 31.8 Å². The summed E-state index contributed by atoms with van der Waals surface area (Å²) in [5, 5.41) is 28.0. The van der Waals surface area contributed by atoms with Gasteiger partial charge in [-0.15, -0.1) is 0 Å². The first kappa shape index (κ1) is 13.9. The van der Waals surface area contributed by atoms with Gasteiger partial charge < -0.3 is 15.1 Å². The summed E-state index contributed by atoms with van der Waals surface area (Å²) in [6, 6.07) is 0. The van der Waals surface area contributed by atoms with Gasteiger partial charge in [0.25, 0.3) is 0 Å². The number of likely N-dealkylation sites (tertiary alicyclic amines) is 1. The second-order valence-corrected chi connectivity index (χ2v) is 5.81. The Morgan fingerprint density at radius 3 is 2.29 bits per heavy atom. The van der Waals surface area contributed by atoms with Crippen LogP contribution in [-0.2, 0) is 0 Å². The Kier molecular flexibility index (Phi) is 4.49. The third-order valence-electron chi connectivity index (χ3n) is 2.64. The lowest BCUT2D eigenvalue weighted by Gasteiger charge is -2.36. The van der Waals surface area contributed by atoms with E-state index in [2.05, 4.69) is 25.8 Å². The lowest BCUT2D eigenvalue weighted by Crippen LogP contribution is -2.49. The first-order valence-electron chi connectivity index (χ1n) is 5.88. The number of β-amino-alcohol motifs (C(OH)–C–C–N with tert-alkyl or cyclic N) is 2. The molecule has 2 atom stereocenters. The molecule has 5 nitrogen and oxygen atoms in total. The number of rotatable bonds is 1. The van der Waals surface area contributed by atoms with E-state index < -0.39 is 12.2 Å². The summed E-state index contributed by atoms with van der Waals surface area (Å²) in [5.74, 6) is 0.651. The smallest absolute Gasteiger partial charge is 0.207 e. The summed E-state index contributed by atoms with van der Waals surface area (Å²) in [4.78, 5) is 5.64. The second-order valence-electron chi connectivity index (χ2n) is 5.81. The fraction of sp³-hybridized carbons (Fsp3) is 0.833. The Bertz CT molecular complexity index is 318. The van der Waals surface area contributed by atoms with Crippen LogP contribution < -0.4 is 0 Å². The molecule has 17 heavy (non-hydrogen) atoms. The molecule has 0 radical (unpaired) electrons. The summed E-state index contributed by atoms with van der Waals surface area (Å²) in [7, 11) is 0. The number of piperidine rings is 1. The Balaban J connectivity index is 2.78. The summed E-state index contributed by atoms with van der Waals surface area (Å²) >= 11 is 0. The van der Waals surface area contributed by atoms with E-state index in [1.807, 2.05) is 4.90 Å². The van der Waals surface area contributed by atoms with E-state index >= 15 is 0 Å². The minimum Gasteiger partial charge on any atom is -0.391 e. The van der Waals surface area contributed by atoms with Crippen molar-refractivity contribution in [2.45, 2.75) is 45.8 Å². The fourth-order valence-corrected chi connectivity index (χ4v) is 2.01. The van der Waals surface area contributed by atoms with E-state index in [9.17, 15) is 10.2 Å². The van der Waals surface area contributed by atoms with Gasteiger partial charge in [0.15, 0.2) is 0 Å². The monoisotopic (exact) mass is 239 g/mol. The van der Waals surface area contributed by atoms with Crippen LogP contribution in [0.5, 0.6) is 0 Å². The fourth-order valence-electron chi connectivity index (χ4n) is 2.01.